The number of anilines is 2. The van der Waals surface area contributed by atoms with Crippen molar-refractivity contribution < 1.29 is 4.79 Å². The van der Waals surface area contributed by atoms with E-state index in [2.05, 4.69) is 10.3 Å². The molecule has 0 saturated heterocycles. The molecule has 4 N–H and O–H groups in total. The summed E-state index contributed by atoms with van der Waals surface area (Å²) in [5.41, 5.74) is 6.26. The van der Waals surface area contributed by atoms with Crippen molar-refractivity contribution in [2.24, 2.45) is 0 Å². The second-order valence-electron chi connectivity index (χ2n) is 4.69. The average Bonchev–Trinajstić information content (AvgIpc) is 2.41. The number of hydrogen-bond donors (Lipinski definition) is 3. The lowest BCUT2D eigenvalue weighted by molar-refractivity contribution is -0.116. The molecule has 1 aromatic carbocycles. The molecule has 0 aliphatic carbocycles. The smallest absolute Gasteiger partial charge is 0.328 e. The zero-order chi connectivity index (χ0) is 15.4. The highest BCUT2D eigenvalue weighted by Gasteiger charge is 2.05. The number of rotatable bonds is 4. The van der Waals surface area contributed by atoms with Crippen molar-refractivity contribution in [1.82, 2.24) is 9.55 Å². The van der Waals surface area contributed by atoms with Crippen molar-refractivity contribution >= 4 is 17.3 Å². The highest BCUT2D eigenvalue weighted by molar-refractivity contribution is 5.91. The van der Waals surface area contributed by atoms with Gasteiger partial charge in [0.25, 0.3) is 5.56 Å². The third-order valence-electron chi connectivity index (χ3n) is 2.94. The quantitative estimate of drug-likeness (QED) is 0.710. The highest BCUT2D eigenvalue weighted by Crippen LogP contribution is 2.11. The third kappa shape index (κ3) is 3.82. The molecule has 0 spiro atoms. The summed E-state index contributed by atoms with van der Waals surface area (Å²) in [6.07, 6.45) is 1.55. The van der Waals surface area contributed by atoms with E-state index in [4.69, 9.17) is 5.73 Å². The normalized spacial score (nSPS) is 10.3. The van der Waals surface area contributed by atoms with E-state index in [1.54, 1.807) is 31.2 Å². The van der Waals surface area contributed by atoms with Crippen LogP contribution in [0.5, 0.6) is 0 Å². The molecule has 0 saturated carbocycles. The predicted octanol–water partition coefficient (Wildman–Crippen LogP) is 0.456. The number of H-pyrrole nitrogens is 1. The number of aryl methyl sites for hydroxylation is 2. The van der Waals surface area contributed by atoms with Crippen molar-refractivity contribution in [2.75, 3.05) is 11.1 Å². The van der Waals surface area contributed by atoms with Crippen LogP contribution in [0.25, 0.3) is 0 Å². The summed E-state index contributed by atoms with van der Waals surface area (Å²) >= 11 is 0. The summed E-state index contributed by atoms with van der Waals surface area (Å²) in [6, 6.07) is 6.83. The summed E-state index contributed by atoms with van der Waals surface area (Å²) < 4.78 is 1.30. The lowest BCUT2D eigenvalue weighted by atomic mass is 10.2. The first-order valence-corrected chi connectivity index (χ1v) is 6.41. The Hall–Kier alpha value is -2.83. The number of nitrogens with two attached hydrogens (primary N) is 1. The number of aromatic nitrogens is 2. The van der Waals surface area contributed by atoms with E-state index in [1.165, 1.54) is 10.8 Å². The topological polar surface area (TPSA) is 110 Å². The Labute approximate surface area is 120 Å². The summed E-state index contributed by atoms with van der Waals surface area (Å²) in [5.74, 6) is -0.239. The van der Waals surface area contributed by atoms with Gasteiger partial charge in [0.15, 0.2) is 0 Å². The predicted molar refractivity (Wildman–Crippen MR) is 80.2 cm³/mol. The molecule has 1 heterocycles. The molecule has 0 aliphatic heterocycles. The minimum absolute atomic E-state index is 0.111. The summed E-state index contributed by atoms with van der Waals surface area (Å²) in [4.78, 5) is 36.8. The van der Waals surface area contributed by atoms with Gasteiger partial charge in [-0.15, -0.1) is 0 Å². The molecule has 0 atom stereocenters. The van der Waals surface area contributed by atoms with Crippen molar-refractivity contribution in [3.05, 3.63) is 56.9 Å². The molecule has 0 aliphatic rings. The molecule has 1 aromatic heterocycles. The van der Waals surface area contributed by atoms with Crippen LogP contribution in [0.3, 0.4) is 0 Å². The van der Waals surface area contributed by atoms with E-state index in [1.807, 2.05) is 0 Å². The van der Waals surface area contributed by atoms with Crippen molar-refractivity contribution in [3.8, 4) is 0 Å². The van der Waals surface area contributed by atoms with Gasteiger partial charge in [-0.25, -0.2) is 4.79 Å². The van der Waals surface area contributed by atoms with Gasteiger partial charge < -0.3 is 11.1 Å². The number of carbonyl (C=O) groups excluding carboxylic acids is 1. The maximum absolute atomic E-state index is 11.8. The molecule has 2 rings (SSSR count). The van der Waals surface area contributed by atoms with Gasteiger partial charge >= 0.3 is 5.69 Å². The Morgan fingerprint density at radius 1 is 1.38 bits per heavy atom. The van der Waals surface area contributed by atoms with E-state index in [0.717, 1.165) is 0 Å². The van der Waals surface area contributed by atoms with Crippen molar-refractivity contribution in [3.63, 3.8) is 0 Å². The van der Waals surface area contributed by atoms with Gasteiger partial charge in [0.1, 0.15) is 0 Å². The van der Waals surface area contributed by atoms with Gasteiger partial charge in [0.05, 0.1) is 0 Å². The molecular weight excluding hydrogens is 272 g/mol. The van der Waals surface area contributed by atoms with Gasteiger partial charge in [0, 0.05) is 36.1 Å². The molecule has 7 heteroatoms. The molecule has 0 fully saturated rings. The molecule has 2 aromatic rings. The molecule has 1 amide bonds. The van der Waals surface area contributed by atoms with E-state index >= 15 is 0 Å². The number of nitrogens with zero attached hydrogens (tertiary/aromatic N) is 1. The minimum atomic E-state index is -0.526. The van der Waals surface area contributed by atoms with Crippen LogP contribution in [-0.2, 0) is 11.3 Å². The van der Waals surface area contributed by atoms with Crippen LogP contribution >= 0.6 is 0 Å². The number of benzene rings is 1. The third-order valence-corrected chi connectivity index (χ3v) is 2.94. The fourth-order valence-electron chi connectivity index (χ4n) is 1.85. The maximum atomic E-state index is 11.8. The first-order chi connectivity index (χ1) is 9.95. The maximum Gasteiger partial charge on any atom is 0.328 e. The van der Waals surface area contributed by atoms with Crippen LogP contribution in [0.1, 0.15) is 12.0 Å². The Kier molecular flexibility index (Phi) is 4.22. The van der Waals surface area contributed by atoms with E-state index < -0.39 is 11.2 Å². The van der Waals surface area contributed by atoms with Crippen LogP contribution in [0.2, 0.25) is 0 Å². The van der Waals surface area contributed by atoms with Crippen LogP contribution in [0, 0.1) is 6.92 Å². The Balaban J connectivity index is 2.00. The first-order valence-electron chi connectivity index (χ1n) is 6.41. The summed E-state index contributed by atoms with van der Waals surface area (Å²) in [6.45, 7) is 1.78. The van der Waals surface area contributed by atoms with Crippen molar-refractivity contribution in [2.45, 2.75) is 19.9 Å². The number of carbonyl (C=O) groups is 1. The first kappa shape index (κ1) is 14.6. The molecule has 7 nitrogen and oxygen atoms in total. The van der Waals surface area contributed by atoms with Crippen LogP contribution < -0.4 is 22.3 Å². The number of aromatic amines is 1. The second kappa shape index (κ2) is 6.08. The van der Waals surface area contributed by atoms with Crippen LogP contribution in [-0.4, -0.2) is 15.5 Å². The van der Waals surface area contributed by atoms with Crippen LogP contribution in [0.15, 0.2) is 40.1 Å². The van der Waals surface area contributed by atoms with E-state index in [-0.39, 0.29) is 18.9 Å². The number of nitrogen functional groups attached to an aromatic ring is 1. The van der Waals surface area contributed by atoms with Gasteiger partial charge in [-0.1, -0.05) is 6.07 Å². The minimum Gasteiger partial charge on any atom is -0.399 e. The second-order valence-corrected chi connectivity index (χ2v) is 4.69. The van der Waals surface area contributed by atoms with Gasteiger partial charge in [-0.3, -0.25) is 19.1 Å². The monoisotopic (exact) mass is 288 g/mol. The zero-order valence-corrected chi connectivity index (χ0v) is 11.6. The molecule has 0 unspecified atom stereocenters. The number of hydrogen-bond acceptors (Lipinski definition) is 4. The van der Waals surface area contributed by atoms with E-state index in [9.17, 15) is 14.4 Å². The highest BCUT2D eigenvalue weighted by atomic mass is 16.2. The summed E-state index contributed by atoms with van der Waals surface area (Å²) in [5, 5.41) is 2.69. The lowest BCUT2D eigenvalue weighted by Crippen LogP contribution is -2.31. The van der Waals surface area contributed by atoms with Gasteiger partial charge in [-0.05, 0) is 25.1 Å². The van der Waals surface area contributed by atoms with Gasteiger partial charge in [-0.2, -0.15) is 0 Å². The lowest BCUT2D eigenvalue weighted by Gasteiger charge is -2.07. The largest absolute Gasteiger partial charge is 0.399 e. The molecule has 0 radical (unpaired) electrons. The molecule has 0 bridgehead atoms. The summed E-state index contributed by atoms with van der Waals surface area (Å²) in [7, 11) is 0. The zero-order valence-electron chi connectivity index (χ0n) is 11.6. The standard InChI is InChI=1S/C14H16N4O3/c1-9-8-18(14(21)17-13(9)20)6-5-12(19)16-11-4-2-3-10(15)7-11/h2-4,7-8H,5-6,15H2,1H3,(H,16,19)(H,17,20,21). The molecule has 21 heavy (non-hydrogen) atoms. The van der Waals surface area contributed by atoms with Crippen LogP contribution in [0.4, 0.5) is 11.4 Å². The number of amides is 1. The fourth-order valence-corrected chi connectivity index (χ4v) is 1.85. The van der Waals surface area contributed by atoms with Gasteiger partial charge in [0.2, 0.25) is 5.91 Å². The average molecular weight is 288 g/mol. The SMILES string of the molecule is Cc1cn(CCC(=O)Nc2cccc(N)c2)c(=O)[nH]c1=O. The fraction of sp³-hybridized carbons (Fsp3) is 0.214. The Bertz CT molecular complexity index is 776. The van der Waals surface area contributed by atoms with E-state index in [0.29, 0.717) is 16.9 Å². The molecule has 110 valence electrons. The Morgan fingerprint density at radius 3 is 2.86 bits per heavy atom. The molecular formula is C14H16N4O3. The Morgan fingerprint density at radius 2 is 2.14 bits per heavy atom. The van der Waals surface area contributed by atoms with Crippen molar-refractivity contribution in [1.29, 1.82) is 0 Å². The number of nitrogens with one attached hydrogen (secondary N) is 2.